The summed E-state index contributed by atoms with van der Waals surface area (Å²) >= 11 is 3.37. The number of nitrogens with two attached hydrogens (primary N) is 1. The molecule has 0 spiro atoms. The van der Waals surface area contributed by atoms with E-state index in [9.17, 15) is 0 Å². The topological polar surface area (TPSA) is 51.8 Å². The molecule has 0 bridgehead atoms. The Bertz CT molecular complexity index is 145. The molecule has 0 aliphatic heterocycles. The fraction of sp³-hybridized carbons (Fsp3) is 0. The van der Waals surface area contributed by atoms with Crippen molar-refractivity contribution in [1.82, 2.24) is 9.36 Å². The van der Waals surface area contributed by atoms with E-state index in [1.54, 1.807) is 0 Å². The molecule has 1 heterocycles. The van der Waals surface area contributed by atoms with Crippen LogP contribution in [0.25, 0.3) is 0 Å². The van der Waals surface area contributed by atoms with Crippen LogP contribution < -0.4 is 5.73 Å². The van der Waals surface area contributed by atoms with Crippen LogP contribution >= 0.6 is 34.1 Å². The molecule has 0 aromatic carbocycles. The maximum atomic E-state index is 5.16. The van der Waals surface area contributed by atoms with Gasteiger partial charge in [0.25, 0.3) is 0 Å². The molecule has 0 unspecified atom stereocenters. The monoisotopic (exact) mass is 227 g/mol. The summed E-state index contributed by atoms with van der Waals surface area (Å²) in [7, 11) is 0. The Labute approximate surface area is 58.3 Å². The molecular weight excluding hydrogens is 225 g/mol. The van der Waals surface area contributed by atoms with Crippen molar-refractivity contribution in [1.29, 1.82) is 0 Å². The molecule has 38 valence electrons. The smallest absolute Gasteiger partial charge is 0.232 e. The van der Waals surface area contributed by atoms with Crippen molar-refractivity contribution in [3.05, 3.63) is 3.01 Å². The van der Waals surface area contributed by atoms with E-state index in [0.29, 0.717) is 5.95 Å². The Hall–Kier alpha value is 0.0900. The van der Waals surface area contributed by atoms with Gasteiger partial charge in [-0.25, -0.2) is 0 Å². The second kappa shape index (κ2) is 1.91. The number of nitrogens with zero attached hydrogens (tertiary/aromatic N) is 2. The molecule has 1 rings (SSSR count). The third kappa shape index (κ3) is 1.23. The van der Waals surface area contributed by atoms with Crippen LogP contribution in [-0.2, 0) is 0 Å². The van der Waals surface area contributed by atoms with Gasteiger partial charge in [0.15, 0.2) is 3.01 Å². The molecule has 1 aromatic heterocycles. The standard InChI is InChI=1S/C2H2IN3S/c3-1-5-2(4)6-7-1/h(H2,4,6). The van der Waals surface area contributed by atoms with Crippen molar-refractivity contribution in [2.24, 2.45) is 0 Å². The van der Waals surface area contributed by atoms with Crippen LogP contribution in [0.3, 0.4) is 0 Å². The highest BCUT2D eigenvalue weighted by atomic mass is 127. The van der Waals surface area contributed by atoms with E-state index in [2.05, 4.69) is 31.9 Å². The molecular formula is C2H2IN3S. The zero-order valence-corrected chi connectivity index (χ0v) is 6.23. The summed E-state index contributed by atoms with van der Waals surface area (Å²) in [4.78, 5) is 3.78. The van der Waals surface area contributed by atoms with Gasteiger partial charge >= 0.3 is 0 Å². The molecule has 7 heavy (non-hydrogen) atoms. The molecule has 0 radical (unpaired) electrons. The largest absolute Gasteiger partial charge is 0.367 e. The van der Waals surface area contributed by atoms with Crippen molar-refractivity contribution >= 4 is 40.1 Å². The number of aromatic nitrogens is 2. The Morgan fingerprint density at radius 3 is 2.57 bits per heavy atom. The molecule has 0 fully saturated rings. The van der Waals surface area contributed by atoms with Crippen LogP contribution in [-0.4, -0.2) is 9.36 Å². The van der Waals surface area contributed by atoms with Gasteiger partial charge in [-0.3, -0.25) is 0 Å². The fourth-order valence-electron chi connectivity index (χ4n) is 0.215. The van der Waals surface area contributed by atoms with Crippen LogP contribution in [0.1, 0.15) is 0 Å². The average molecular weight is 227 g/mol. The molecule has 0 amide bonds. The van der Waals surface area contributed by atoms with Crippen molar-refractivity contribution < 1.29 is 0 Å². The Balaban J connectivity index is 3.04. The van der Waals surface area contributed by atoms with Gasteiger partial charge in [0, 0.05) is 0 Å². The van der Waals surface area contributed by atoms with Crippen molar-refractivity contribution in [3.8, 4) is 0 Å². The summed E-state index contributed by atoms with van der Waals surface area (Å²) < 4.78 is 4.60. The van der Waals surface area contributed by atoms with E-state index in [1.165, 1.54) is 11.5 Å². The first-order valence-corrected chi connectivity index (χ1v) is 3.39. The zero-order chi connectivity index (χ0) is 5.28. The van der Waals surface area contributed by atoms with Crippen molar-refractivity contribution in [3.63, 3.8) is 0 Å². The summed E-state index contributed by atoms with van der Waals surface area (Å²) in [6.45, 7) is 0. The molecule has 1 aromatic rings. The second-order valence-corrected chi connectivity index (χ2v) is 3.41. The molecule has 3 nitrogen and oxygen atoms in total. The minimum absolute atomic E-state index is 0.370. The van der Waals surface area contributed by atoms with Gasteiger partial charge in [0.1, 0.15) is 0 Å². The van der Waals surface area contributed by atoms with Crippen molar-refractivity contribution in [2.45, 2.75) is 0 Å². The predicted octanol–water partition coefficient (Wildman–Crippen LogP) is 0.725. The number of hydrogen-bond donors (Lipinski definition) is 1. The molecule has 0 saturated heterocycles. The molecule has 2 N–H and O–H groups in total. The number of nitrogen functional groups attached to an aromatic ring is 1. The van der Waals surface area contributed by atoms with Crippen LogP contribution in [0.2, 0.25) is 0 Å². The SMILES string of the molecule is Nc1nsc(I)n1. The molecule has 0 atom stereocenters. The third-order valence-electron chi connectivity index (χ3n) is 0.417. The fourth-order valence-corrected chi connectivity index (χ4v) is 1.10. The molecule has 0 saturated carbocycles. The Morgan fingerprint density at radius 2 is 2.43 bits per heavy atom. The molecule has 5 heteroatoms. The zero-order valence-electron chi connectivity index (χ0n) is 3.26. The minimum atomic E-state index is 0.370. The summed E-state index contributed by atoms with van der Waals surface area (Å²) in [5.74, 6) is 0.370. The van der Waals surface area contributed by atoms with Crippen LogP contribution in [0.15, 0.2) is 0 Å². The highest BCUT2D eigenvalue weighted by Crippen LogP contribution is 2.06. The summed E-state index contributed by atoms with van der Waals surface area (Å²) in [6, 6.07) is 0. The highest BCUT2D eigenvalue weighted by molar-refractivity contribution is 14.1. The van der Waals surface area contributed by atoms with Gasteiger partial charge in [-0.1, -0.05) is 0 Å². The Kier molecular flexibility index (Phi) is 1.43. The van der Waals surface area contributed by atoms with Gasteiger partial charge in [-0.05, 0) is 34.1 Å². The number of halogens is 1. The molecule has 0 aliphatic rings. The maximum absolute atomic E-state index is 5.16. The van der Waals surface area contributed by atoms with Gasteiger partial charge in [-0.15, -0.1) is 0 Å². The second-order valence-electron chi connectivity index (χ2n) is 0.906. The van der Waals surface area contributed by atoms with E-state index in [4.69, 9.17) is 5.73 Å². The first-order chi connectivity index (χ1) is 3.29. The normalized spacial score (nSPS) is 9.29. The van der Waals surface area contributed by atoms with Gasteiger partial charge < -0.3 is 5.73 Å². The lowest BCUT2D eigenvalue weighted by Crippen LogP contribution is -1.84. The number of anilines is 1. The quantitative estimate of drug-likeness (QED) is 0.664. The van der Waals surface area contributed by atoms with Crippen molar-refractivity contribution in [2.75, 3.05) is 5.73 Å². The first kappa shape index (κ1) is 5.23. The first-order valence-electron chi connectivity index (χ1n) is 1.54. The lowest BCUT2D eigenvalue weighted by molar-refractivity contribution is 1.32. The lowest BCUT2D eigenvalue weighted by atomic mass is 11.1. The maximum Gasteiger partial charge on any atom is 0.232 e. The Morgan fingerprint density at radius 1 is 1.71 bits per heavy atom. The average Bonchev–Trinajstić information content (AvgIpc) is 1.87. The number of hydrogen-bond acceptors (Lipinski definition) is 4. The predicted molar refractivity (Wildman–Crippen MR) is 37.0 cm³/mol. The highest BCUT2D eigenvalue weighted by Gasteiger charge is 1.90. The van der Waals surface area contributed by atoms with E-state index in [1.807, 2.05) is 0 Å². The van der Waals surface area contributed by atoms with Gasteiger partial charge in [-0.2, -0.15) is 9.36 Å². The van der Waals surface area contributed by atoms with E-state index >= 15 is 0 Å². The minimum Gasteiger partial charge on any atom is -0.367 e. The summed E-state index contributed by atoms with van der Waals surface area (Å²) in [6.07, 6.45) is 0. The van der Waals surface area contributed by atoms with E-state index in [0.717, 1.165) is 3.01 Å². The van der Waals surface area contributed by atoms with E-state index < -0.39 is 0 Å². The van der Waals surface area contributed by atoms with Gasteiger partial charge in [0.2, 0.25) is 5.95 Å². The van der Waals surface area contributed by atoms with Crippen LogP contribution in [0.4, 0.5) is 5.95 Å². The number of rotatable bonds is 0. The van der Waals surface area contributed by atoms with Crippen LogP contribution in [0, 0.1) is 3.01 Å². The summed E-state index contributed by atoms with van der Waals surface area (Å²) in [5, 5.41) is 0. The molecule has 0 aliphatic carbocycles. The van der Waals surface area contributed by atoms with Crippen LogP contribution in [0.5, 0.6) is 0 Å². The summed E-state index contributed by atoms with van der Waals surface area (Å²) in [5.41, 5.74) is 5.16. The van der Waals surface area contributed by atoms with Gasteiger partial charge in [0.05, 0.1) is 0 Å². The third-order valence-corrected chi connectivity index (χ3v) is 1.77. The van der Waals surface area contributed by atoms with E-state index in [-0.39, 0.29) is 0 Å². The lowest BCUT2D eigenvalue weighted by Gasteiger charge is -1.67.